The Morgan fingerprint density at radius 3 is 2.52 bits per heavy atom. The third-order valence-corrected chi connectivity index (χ3v) is 3.47. The lowest BCUT2D eigenvalue weighted by Crippen LogP contribution is -2.57. The van der Waals surface area contributed by atoms with Gasteiger partial charge in [0.15, 0.2) is 0 Å². The first-order chi connectivity index (χ1) is 9.84. The van der Waals surface area contributed by atoms with E-state index in [-0.39, 0.29) is 11.7 Å². The second kappa shape index (κ2) is 5.88. The number of halogens is 3. The Kier molecular flexibility index (Phi) is 4.36. The molecule has 1 aromatic carbocycles. The van der Waals surface area contributed by atoms with E-state index < -0.39 is 22.4 Å². The van der Waals surface area contributed by atoms with Crippen molar-refractivity contribution in [1.82, 2.24) is 5.32 Å². The molecule has 0 aromatic heterocycles. The smallest absolute Gasteiger partial charge is 0.360 e. The summed E-state index contributed by atoms with van der Waals surface area (Å²) < 4.78 is 38.1. The minimum absolute atomic E-state index is 0.0837. The molecule has 0 amide bonds. The van der Waals surface area contributed by atoms with Gasteiger partial charge in [0.2, 0.25) is 0 Å². The number of rotatable bonds is 5. The zero-order valence-electron chi connectivity index (χ0n) is 11.5. The highest BCUT2D eigenvalue weighted by Gasteiger charge is 2.35. The molecule has 0 bridgehead atoms. The van der Waals surface area contributed by atoms with E-state index in [1.807, 2.05) is 11.8 Å². The average molecular weight is 303 g/mol. The van der Waals surface area contributed by atoms with E-state index in [2.05, 4.69) is 5.32 Å². The van der Waals surface area contributed by atoms with Crippen molar-refractivity contribution < 1.29 is 18.1 Å². The van der Waals surface area contributed by atoms with Crippen LogP contribution >= 0.6 is 0 Å². The van der Waals surface area contributed by atoms with Crippen LogP contribution in [0.2, 0.25) is 0 Å². The number of benzene rings is 1. The van der Waals surface area contributed by atoms with Gasteiger partial charge in [0.25, 0.3) is 5.69 Å². The molecule has 1 saturated heterocycles. The molecule has 0 spiro atoms. The molecule has 0 unspecified atom stereocenters. The van der Waals surface area contributed by atoms with Gasteiger partial charge in [-0.15, -0.1) is 0 Å². The highest BCUT2D eigenvalue weighted by atomic mass is 19.4. The predicted molar refractivity (Wildman–Crippen MR) is 72.4 cm³/mol. The molecule has 0 atom stereocenters. The predicted octanol–water partition coefficient (Wildman–Crippen LogP) is 2.80. The van der Waals surface area contributed by atoms with Crippen LogP contribution in [0.3, 0.4) is 0 Å². The maximum Gasteiger partial charge on any atom is 0.416 e. The monoisotopic (exact) mass is 303 g/mol. The van der Waals surface area contributed by atoms with E-state index in [0.717, 1.165) is 12.5 Å². The quantitative estimate of drug-likeness (QED) is 0.671. The lowest BCUT2D eigenvalue weighted by molar-refractivity contribution is -0.384. The van der Waals surface area contributed by atoms with Crippen molar-refractivity contribution in [3.8, 4) is 0 Å². The van der Waals surface area contributed by atoms with Crippen LogP contribution in [0.1, 0.15) is 18.9 Å². The number of nitrogens with zero attached hydrogens (tertiary/aromatic N) is 2. The van der Waals surface area contributed by atoms with Gasteiger partial charge in [0.1, 0.15) is 5.69 Å². The van der Waals surface area contributed by atoms with Crippen molar-refractivity contribution in [1.29, 1.82) is 0 Å². The van der Waals surface area contributed by atoms with Crippen LogP contribution in [0.5, 0.6) is 0 Å². The van der Waals surface area contributed by atoms with E-state index in [1.54, 1.807) is 0 Å². The standard InChI is InChI=1S/C13H16F3N3O2/c1-2-5-18(10-7-17-8-10)11-4-3-9(13(14,15)16)6-12(11)19(20)21/h3-4,6,10,17H,2,5,7-8H2,1H3. The van der Waals surface area contributed by atoms with E-state index >= 15 is 0 Å². The Morgan fingerprint density at radius 1 is 1.43 bits per heavy atom. The van der Waals surface area contributed by atoms with Gasteiger partial charge >= 0.3 is 6.18 Å². The Labute approximate surface area is 119 Å². The van der Waals surface area contributed by atoms with Crippen LogP contribution < -0.4 is 10.2 Å². The lowest BCUT2D eigenvalue weighted by Gasteiger charge is -2.39. The van der Waals surface area contributed by atoms with Gasteiger partial charge in [0.05, 0.1) is 16.5 Å². The van der Waals surface area contributed by atoms with E-state index in [0.29, 0.717) is 25.7 Å². The topological polar surface area (TPSA) is 58.4 Å². The summed E-state index contributed by atoms with van der Waals surface area (Å²) in [6.07, 6.45) is -3.83. The SMILES string of the molecule is CCCN(c1ccc(C(F)(F)F)cc1[N+](=O)[O-])C1CNC1. The summed E-state index contributed by atoms with van der Waals surface area (Å²) in [4.78, 5) is 12.2. The van der Waals surface area contributed by atoms with Crippen LogP contribution in [0.4, 0.5) is 24.5 Å². The first-order valence-electron chi connectivity index (χ1n) is 6.67. The Hall–Kier alpha value is -1.83. The van der Waals surface area contributed by atoms with Crippen LogP contribution in [-0.2, 0) is 6.18 Å². The molecular formula is C13H16F3N3O2. The Balaban J connectivity index is 2.43. The zero-order chi connectivity index (χ0) is 15.6. The number of anilines is 1. The number of nitro benzene ring substituents is 1. The van der Waals surface area contributed by atoms with Gasteiger partial charge in [-0.05, 0) is 18.6 Å². The summed E-state index contributed by atoms with van der Waals surface area (Å²) in [5.41, 5.74) is -1.24. The van der Waals surface area contributed by atoms with Gasteiger partial charge < -0.3 is 10.2 Å². The van der Waals surface area contributed by atoms with Crippen molar-refractivity contribution >= 4 is 11.4 Å². The summed E-state index contributed by atoms with van der Waals surface area (Å²) in [7, 11) is 0. The van der Waals surface area contributed by atoms with Crippen LogP contribution in [-0.4, -0.2) is 30.6 Å². The average Bonchev–Trinajstić information content (AvgIpc) is 2.34. The molecule has 0 radical (unpaired) electrons. The van der Waals surface area contributed by atoms with Gasteiger partial charge in [-0.1, -0.05) is 6.92 Å². The first-order valence-corrected chi connectivity index (χ1v) is 6.67. The summed E-state index contributed by atoms with van der Waals surface area (Å²) in [5.74, 6) is 0. The molecule has 0 aliphatic carbocycles. The fourth-order valence-electron chi connectivity index (χ4n) is 2.32. The van der Waals surface area contributed by atoms with Crippen molar-refractivity contribution in [3.63, 3.8) is 0 Å². The summed E-state index contributed by atoms with van der Waals surface area (Å²) in [6, 6.07) is 2.80. The van der Waals surface area contributed by atoms with Gasteiger partial charge in [0, 0.05) is 25.7 Å². The number of hydrogen-bond acceptors (Lipinski definition) is 4. The summed E-state index contributed by atoms with van der Waals surface area (Å²) in [6.45, 7) is 3.85. The molecule has 8 heteroatoms. The van der Waals surface area contributed by atoms with E-state index in [4.69, 9.17) is 0 Å². The second-order valence-corrected chi connectivity index (χ2v) is 4.96. The van der Waals surface area contributed by atoms with Crippen molar-refractivity contribution in [3.05, 3.63) is 33.9 Å². The zero-order valence-corrected chi connectivity index (χ0v) is 11.5. The highest BCUT2D eigenvalue weighted by molar-refractivity contribution is 5.65. The molecule has 1 aliphatic rings. The number of nitrogens with one attached hydrogen (secondary N) is 1. The fraction of sp³-hybridized carbons (Fsp3) is 0.538. The van der Waals surface area contributed by atoms with Crippen molar-refractivity contribution in [2.45, 2.75) is 25.6 Å². The Bertz CT molecular complexity index is 530. The minimum atomic E-state index is -4.59. The second-order valence-electron chi connectivity index (χ2n) is 4.96. The molecule has 0 saturated carbocycles. The van der Waals surface area contributed by atoms with Gasteiger partial charge in [-0.2, -0.15) is 13.2 Å². The molecule has 1 aliphatic heterocycles. The molecule has 1 fully saturated rings. The maximum atomic E-state index is 12.7. The number of hydrogen-bond donors (Lipinski definition) is 1. The molecule has 116 valence electrons. The normalized spacial score (nSPS) is 15.6. The van der Waals surface area contributed by atoms with E-state index in [1.165, 1.54) is 6.07 Å². The lowest BCUT2D eigenvalue weighted by atomic mass is 10.1. The highest BCUT2D eigenvalue weighted by Crippen LogP contribution is 2.37. The summed E-state index contributed by atoms with van der Waals surface area (Å²) in [5, 5.41) is 14.2. The third kappa shape index (κ3) is 3.26. The molecule has 2 rings (SSSR count). The summed E-state index contributed by atoms with van der Waals surface area (Å²) >= 11 is 0. The third-order valence-electron chi connectivity index (χ3n) is 3.47. The molecule has 1 aromatic rings. The van der Waals surface area contributed by atoms with Crippen LogP contribution in [0.15, 0.2) is 18.2 Å². The molecule has 1 N–H and O–H groups in total. The molecule has 1 heterocycles. The van der Waals surface area contributed by atoms with Crippen molar-refractivity contribution in [2.24, 2.45) is 0 Å². The van der Waals surface area contributed by atoms with E-state index in [9.17, 15) is 23.3 Å². The molecular weight excluding hydrogens is 287 g/mol. The first kappa shape index (κ1) is 15.6. The number of alkyl halides is 3. The van der Waals surface area contributed by atoms with Crippen LogP contribution in [0.25, 0.3) is 0 Å². The van der Waals surface area contributed by atoms with Crippen molar-refractivity contribution in [2.75, 3.05) is 24.5 Å². The van der Waals surface area contributed by atoms with Crippen LogP contribution in [0, 0.1) is 10.1 Å². The van der Waals surface area contributed by atoms with Gasteiger partial charge in [-0.25, -0.2) is 0 Å². The van der Waals surface area contributed by atoms with Gasteiger partial charge in [-0.3, -0.25) is 10.1 Å². The molecule has 5 nitrogen and oxygen atoms in total. The Morgan fingerprint density at radius 2 is 2.10 bits per heavy atom. The largest absolute Gasteiger partial charge is 0.416 e. The molecule has 21 heavy (non-hydrogen) atoms. The fourth-order valence-corrected chi connectivity index (χ4v) is 2.32. The maximum absolute atomic E-state index is 12.7. The number of nitro groups is 1. The minimum Gasteiger partial charge on any atom is -0.360 e.